The number of aromatic nitrogens is 2. The Morgan fingerprint density at radius 2 is 1.79 bits per heavy atom. The SMILES string of the molecule is COC(=O)c1ccccc1Nc1ccnc(NCc2ccc(OC)c(OC)c2)n1. The lowest BCUT2D eigenvalue weighted by atomic mass is 10.2. The van der Waals surface area contributed by atoms with Gasteiger partial charge in [-0.3, -0.25) is 0 Å². The van der Waals surface area contributed by atoms with Crippen molar-refractivity contribution in [3.05, 3.63) is 65.9 Å². The number of carbonyl (C=O) groups excluding carboxylic acids is 1. The first kappa shape index (κ1) is 19.9. The molecule has 0 saturated heterocycles. The van der Waals surface area contributed by atoms with Crippen LogP contribution in [0.2, 0.25) is 0 Å². The zero-order valence-corrected chi connectivity index (χ0v) is 16.4. The van der Waals surface area contributed by atoms with E-state index in [1.54, 1.807) is 44.7 Å². The monoisotopic (exact) mass is 394 g/mol. The molecule has 0 aliphatic carbocycles. The van der Waals surface area contributed by atoms with Crippen molar-refractivity contribution in [2.75, 3.05) is 32.0 Å². The number of esters is 1. The number of rotatable bonds is 8. The summed E-state index contributed by atoms with van der Waals surface area (Å²) in [5.74, 6) is 1.89. The lowest BCUT2D eigenvalue weighted by molar-refractivity contribution is 0.0602. The molecule has 0 aliphatic heterocycles. The molecule has 0 radical (unpaired) electrons. The topological polar surface area (TPSA) is 94.6 Å². The van der Waals surface area contributed by atoms with Crippen molar-refractivity contribution in [2.45, 2.75) is 6.54 Å². The summed E-state index contributed by atoms with van der Waals surface area (Å²) in [7, 11) is 4.54. The molecule has 29 heavy (non-hydrogen) atoms. The Morgan fingerprint density at radius 1 is 1.00 bits per heavy atom. The number of methoxy groups -OCH3 is 3. The van der Waals surface area contributed by atoms with Crippen LogP contribution < -0.4 is 20.1 Å². The lowest BCUT2D eigenvalue weighted by Crippen LogP contribution is -2.08. The molecule has 8 heteroatoms. The molecule has 1 aromatic heterocycles. The number of para-hydroxylation sites is 1. The second-order valence-corrected chi connectivity index (χ2v) is 5.97. The normalized spacial score (nSPS) is 10.2. The van der Waals surface area contributed by atoms with E-state index >= 15 is 0 Å². The average molecular weight is 394 g/mol. The standard InChI is InChI=1S/C21H22N4O4/c1-27-17-9-8-14(12-18(17)28-2)13-23-21-22-11-10-19(25-21)24-16-7-5-4-6-15(16)20(26)29-3/h4-12H,13H2,1-3H3,(H2,22,23,24,25). The molecule has 0 unspecified atom stereocenters. The second kappa shape index (κ2) is 9.41. The van der Waals surface area contributed by atoms with Crippen LogP contribution in [0.15, 0.2) is 54.7 Å². The number of ether oxygens (including phenoxy) is 3. The summed E-state index contributed by atoms with van der Waals surface area (Å²) in [4.78, 5) is 20.6. The van der Waals surface area contributed by atoms with Gasteiger partial charge in [-0.25, -0.2) is 9.78 Å². The Hall–Kier alpha value is -3.81. The van der Waals surface area contributed by atoms with E-state index in [0.717, 1.165) is 5.56 Å². The highest BCUT2D eigenvalue weighted by Crippen LogP contribution is 2.28. The van der Waals surface area contributed by atoms with Gasteiger partial charge in [-0.2, -0.15) is 4.98 Å². The lowest BCUT2D eigenvalue weighted by Gasteiger charge is -2.12. The molecule has 8 nitrogen and oxygen atoms in total. The molecule has 0 saturated carbocycles. The van der Waals surface area contributed by atoms with E-state index in [1.165, 1.54) is 7.11 Å². The molecule has 2 aromatic carbocycles. The first-order valence-electron chi connectivity index (χ1n) is 8.86. The molecule has 0 atom stereocenters. The van der Waals surface area contributed by atoms with Crippen molar-refractivity contribution in [1.29, 1.82) is 0 Å². The molecule has 3 aromatic rings. The Kier molecular flexibility index (Phi) is 6.47. The van der Waals surface area contributed by atoms with Crippen LogP contribution in [0, 0.1) is 0 Å². The van der Waals surface area contributed by atoms with Gasteiger partial charge in [0.2, 0.25) is 5.95 Å². The second-order valence-electron chi connectivity index (χ2n) is 5.97. The van der Waals surface area contributed by atoms with Gasteiger partial charge in [0.15, 0.2) is 11.5 Å². The highest BCUT2D eigenvalue weighted by molar-refractivity contribution is 5.96. The Bertz CT molecular complexity index is 994. The van der Waals surface area contributed by atoms with Crippen LogP contribution in [0.3, 0.4) is 0 Å². The van der Waals surface area contributed by atoms with Gasteiger partial charge in [-0.1, -0.05) is 18.2 Å². The number of carbonyl (C=O) groups is 1. The predicted molar refractivity (Wildman–Crippen MR) is 110 cm³/mol. The van der Waals surface area contributed by atoms with E-state index in [9.17, 15) is 4.79 Å². The molecule has 1 heterocycles. The van der Waals surface area contributed by atoms with Crippen LogP contribution in [0.1, 0.15) is 15.9 Å². The molecule has 0 aliphatic rings. The third-order valence-corrected chi connectivity index (χ3v) is 4.15. The molecule has 2 N–H and O–H groups in total. The van der Waals surface area contributed by atoms with Gasteiger partial charge in [0.1, 0.15) is 5.82 Å². The van der Waals surface area contributed by atoms with Crippen LogP contribution in [0.5, 0.6) is 11.5 Å². The summed E-state index contributed by atoms with van der Waals surface area (Å²) in [5, 5.41) is 6.31. The maximum atomic E-state index is 11.9. The van der Waals surface area contributed by atoms with Crippen molar-refractivity contribution in [3.8, 4) is 11.5 Å². The van der Waals surface area contributed by atoms with Crippen molar-refractivity contribution < 1.29 is 19.0 Å². The van der Waals surface area contributed by atoms with E-state index in [1.807, 2.05) is 24.3 Å². The summed E-state index contributed by atoms with van der Waals surface area (Å²) >= 11 is 0. The number of nitrogens with one attached hydrogen (secondary N) is 2. The van der Waals surface area contributed by atoms with Crippen LogP contribution in [-0.4, -0.2) is 37.3 Å². The maximum absolute atomic E-state index is 11.9. The minimum Gasteiger partial charge on any atom is -0.493 e. The molecular weight excluding hydrogens is 372 g/mol. The zero-order chi connectivity index (χ0) is 20.6. The fourth-order valence-electron chi connectivity index (χ4n) is 2.70. The quantitative estimate of drug-likeness (QED) is 0.559. The van der Waals surface area contributed by atoms with Gasteiger partial charge in [-0.15, -0.1) is 0 Å². The third-order valence-electron chi connectivity index (χ3n) is 4.15. The Labute approximate surface area is 168 Å². The first-order valence-corrected chi connectivity index (χ1v) is 8.86. The molecule has 0 bridgehead atoms. The van der Waals surface area contributed by atoms with Crippen molar-refractivity contribution in [3.63, 3.8) is 0 Å². The Morgan fingerprint density at radius 3 is 2.55 bits per heavy atom. The van der Waals surface area contributed by atoms with Gasteiger partial charge in [0, 0.05) is 12.7 Å². The fourth-order valence-corrected chi connectivity index (χ4v) is 2.70. The molecule has 150 valence electrons. The zero-order valence-electron chi connectivity index (χ0n) is 16.4. The van der Waals surface area contributed by atoms with Gasteiger partial charge in [0.05, 0.1) is 32.6 Å². The van der Waals surface area contributed by atoms with Crippen molar-refractivity contribution in [2.24, 2.45) is 0 Å². The highest BCUT2D eigenvalue weighted by atomic mass is 16.5. The van der Waals surface area contributed by atoms with Crippen molar-refractivity contribution in [1.82, 2.24) is 9.97 Å². The minimum atomic E-state index is -0.422. The molecule has 0 fully saturated rings. The fraction of sp³-hybridized carbons (Fsp3) is 0.190. The summed E-state index contributed by atoms with van der Waals surface area (Å²) < 4.78 is 15.4. The summed E-state index contributed by atoms with van der Waals surface area (Å²) in [6.07, 6.45) is 1.63. The van der Waals surface area contributed by atoms with Crippen LogP contribution in [-0.2, 0) is 11.3 Å². The Balaban J connectivity index is 1.72. The number of hydrogen-bond donors (Lipinski definition) is 2. The number of anilines is 3. The third kappa shape index (κ3) is 4.92. The van der Waals surface area contributed by atoms with Gasteiger partial charge < -0.3 is 24.8 Å². The number of nitrogens with zero attached hydrogens (tertiary/aromatic N) is 2. The summed E-state index contributed by atoms with van der Waals surface area (Å²) in [6, 6.07) is 14.5. The highest BCUT2D eigenvalue weighted by Gasteiger charge is 2.12. The molecule has 0 spiro atoms. The smallest absolute Gasteiger partial charge is 0.339 e. The van der Waals surface area contributed by atoms with Crippen LogP contribution in [0.25, 0.3) is 0 Å². The van der Waals surface area contributed by atoms with E-state index in [2.05, 4.69) is 20.6 Å². The minimum absolute atomic E-state index is 0.422. The summed E-state index contributed by atoms with van der Waals surface area (Å²) in [5.41, 5.74) is 2.01. The maximum Gasteiger partial charge on any atom is 0.339 e. The molecular formula is C21H22N4O4. The van der Waals surface area contributed by atoms with Gasteiger partial charge in [-0.05, 0) is 35.9 Å². The van der Waals surface area contributed by atoms with Crippen LogP contribution >= 0.6 is 0 Å². The largest absolute Gasteiger partial charge is 0.493 e. The van der Waals surface area contributed by atoms with Crippen LogP contribution in [0.4, 0.5) is 17.5 Å². The van der Waals surface area contributed by atoms with E-state index in [-0.39, 0.29) is 0 Å². The molecule has 0 amide bonds. The van der Waals surface area contributed by atoms with Gasteiger partial charge in [0.25, 0.3) is 0 Å². The number of hydrogen-bond acceptors (Lipinski definition) is 8. The van der Waals surface area contributed by atoms with Crippen molar-refractivity contribution >= 4 is 23.4 Å². The average Bonchev–Trinajstić information content (AvgIpc) is 2.77. The van der Waals surface area contributed by atoms with E-state index in [0.29, 0.717) is 41.1 Å². The first-order chi connectivity index (χ1) is 14.1. The number of benzene rings is 2. The van der Waals surface area contributed by atoms with E-state index < -0.39 is 5.97 Å². The predicted octanol–water partition coefficient (Wildman–Crippen LogP) is 3.64. The van der Waals surface area contributed by atoms with Gasteiger partial charge >= 0.3 is 5.97 Å². The summed E-state index contributed by atoms with van der Waals surface area (Å²) in [6.45, 7) is 0.503. The molecule has 3 rings (SSSR count). The van der Waals surface area contributed by atoms with E-state index in [4.69, 9.17) is 14.2 Å².